The van der Waals surface area contributed by atoms with E-state index in [2.05, 4.69) is 0 Å². The lowest BCUT2D eigenvalue weighted by Crippen LogP contribution is -2.38. The highest BCUT2D eigenvalue weighted by atomic mass is 16.6. The summed E-state index contributed by atoms with van der Waals surface area (Å²) in [6, 6.07) is 8.71. The number of carbonyl (C=O) groups is 2. The number of carbonyl (C=O) groups excluding carboxylic acids is 2. The summed E-state index contributed by atoms with van der Waals surface area (Å²) in [5.41, 5.74) is 0.841. The van der Waals surface area contributed by atoms with Gasteiger partial charge in [-0.2, -0.15) is 0 Å². The van der Waals surface area contributed by atoms with E-state index < -0.39 is 28.7 Å². The Balaban J connectivity index is 2.24. The molecule has 3 rings (SSSR count). The van der Waals surface area contributed by atoms with Crippen molar-refractivity contribution < 1.29 is 33.5 Å². The van der Waals surface area contributed by atoms with Crippen LogP contribution in [0.4, 0.5) is 5.69 Å². The van der Waals surface area contributed by atoms with Crippen LogP contribution in [0.25, 0.3) is 0 Å². The molecule has 0 spiro atoms. The van der Waals surface area contributed by atoms with Crippen LogP contribution in [0.5, 0.6) is 17.2 Å². The molecule has 9 nitrogen and oxygen atoms in total. The van der Waals surface area contributed by atoms with Gasteiger partial charge in [0.15, 0.2) is 5.92 Å². The van der Waals surface area contributed by atoms with Gasteiger partial charge in [-0.25, -0.2) is 0 Å². The molecular formula is C19H17NO8. The van der Waals surface area contributed by atoms with Crippen LogP contribution in [0, 0.1) is 16.0 Å². The van der Waals surface area contributed by atoms with Crippen molar-refractivity contribution in [2.75, 3.05) is 21.3 Å². The third-order valence-electron chi connectivity index (χ3n) is 4.56. The second-order valence-corrected chi connectivity index (χ2v) is 5.99. The van der Waals surface area contributed by atoms with Crippen molar-refractivity contribution in [2.45, 2.75) is 5.92 Å². The van der Waals surface area contributed by atoms with Crippen LogP contribution in [0.3, 0.4) is 0 Å². The van der Waals surface area contributed by atoms with Crippen molar-refractivity contribution in [3.05, 3.63) is 57.6 Å². The topological polar surface area (TPSA) is 114 Å². The normalized spacial score (nSPS) is 17.9. The summed E-state index contributed by atoms with van der Waals surface area (Å²) in [6.07, 6.45) is 0. The molecule has 2 atom stereocenters. The zero-order valence-corrected chi connectivity index (χ0v) is 15.3. The van der Waals surface area contributed by atoms with Crippen LogP contribution in [-0.2, 0) is 14.3 Å². The lowest BCUT2D eigenvalue weighted by Gasteiger charge is -2.32. The fraction of sp³-hybridized carbons (Fsp3) is 0.263. The van der Waals surface area contributed by atoms with E-state index in [1.165, 1.54) is 51.7 Å². The fourth-order valence-electron chi connectivity index (χ4n) is 3.25. The van der Waals surface area contributed by atoms with Crippen molar-refractivity contribution >= 4 is 17.6 Å². The van der Waals surface area contributed by atoms with E-state index in [-0.39, 0.29) is 11.4 Å². The predicted molar refractivity (Wildman–Crippen MR) is 95.6 cm³/mol. The molecule has 28 heavy (non-hydrogen) atoms. The first-order chi connectivity index (χ1) is 13.4. The molecule has 1 aliphatic heterocycles. The number of ether oxygens (including phenoxy) is 4. The minimum Gasteiger partial charge on any atom is -0.496 e. The van der Waals surface area contributed by atoms with Gasteiger partial charge in [0.1, 0.15) is 17.2 Å². The Morgan fingerprint density at radius 1 is 1.11 bits per heavy atom. The standard InChI is InChI=1S/C19H17NO8/c1-25-12-8-13(26-2)16-14(9-12)28-19(22)17(18(21)27-3)15(16)10-4-6-11(7-5-10)20(23)24/h4-9,15,17H,1-3H3. The first-order valence-corrected chi connectivity index (χ1v) is 8.21. The van der Waals surface area contributed by atoms with E-state index in [1.54, 1.807) is 6.07 Å². The first kappa shape index (κ1) is 19.2. The number of nitro benzene ring substituents is 1. The molecule has 0 saturated heterocycles. The summed E-state index contributed by atoms with van der Waals surface area (Å²) in [5, 5.41) is 11.0. The van der Waals surface area contributed by atoms with Crippen LogP contribution in [0.15, 0.2) is 36.4 Å². The number of hydrogen-bond donors (Lipinski definition) is 0. The molecule has 146 valence electrons. The third kappa shape index (κ3) is 3.22. The van der Waals surface area contributed by atoms with Crippen LogP contribution in [-0.4, -0.2) is 38.2 Å². The van der Waals surface area contributed by atoms with Crippen molar-refractivity contribution in [1.29, 1.82) is 0 Å². The maximum absolute atomic E-state index is 12.6. The lowest BCUT2D eigenvalue weighted by molar-refractivity contribution is -0.384. The molecule has 0 saturated carbocycles. The summed E-state index contributed by atoms with van der Waals surface area (Å²) < 4.78 is 20.8. The van der Waals surface area contributed by atoms with Gasteiger partial charge in [0.25, 0.3) is 5.69 Å². The number of benzene rings is 2. The fourth-order valence-corrected chi connectivity index (χ4v) is 3.25. The number of non-ortho nitro benzene ring substituents is 1. The molecule has 0 aromatic heterocycles. The highest BCUT2D eigenvalue weighted by molar-refractivity contribution is 5.99. The van der Waals surface area contributed by atoms with Gasteiger partial charge in [0.2, 0.25) is 0 Å². The van der Waals surface area contributed by atoms with Gasteiger partial charge >= 0.3 is 11.9 Å². The smallest absolute Gasteiger partial charge is 0.326 e. The molecule has 0 N–H and O–H groups in total. The van der Waals surface area contributed by atoms with E-state index >= 15 is 0 Å². The molecule has 0 bridgehead atoms. The van der Waals surface area contributed by atoms with Crippen LogP contribution in [0.1, 0.15) is 17.0 Å². The van der Waals surface area contributed by atoms with Crippen molar-refractivity contribution in [2.24, 2.45) is 5.92 Å². The van der Waals surface area contributed by atoms with Crippen LogP contribution in [0.2, 0.25) is 0 Å². The highest BCUT2D eigenvalue weighted by Crippen LogP contribution is 2.49. The molecule has 2 aromatic rings. The van der Waals surface area contributed by atoms with E-state index in [0.717, 1.165) is 0 Å². The van der Waals surface area contributed by atoms with E-state index in [9.17, 15) is 19.7 Å². The molecule has 0 fully saturated rings. The summed E-state index contributed by atoms with van der Waals surface area (Å²) in [6.45, 7) is 0. The largest absolute Gasteiger partial charge is 0.496 e. The summed E-state index contributed by atoms with van der Waals surface area (Å²) in [4.78, 5) is 35.4. The second kappa shape index (κ2) is 7.55. The maximum Gasteiger partial charge on any atom is 0.326 e. The Morgan fingerprint density at radius 3 is 2.32 bits per heavy atom. The van der Waals surface area contributed by atoms with Gasteiger partial charge in [-0.3, -0.25) is 19.7 Å². The van der Waals surface area contributed by atoms with Crippen molar-refractivity contribution in [3.63, 3.8) is 0 Å². The Labute approximate surface area is 159 Å². The molecule has 0 aliphatic carbocycles. The monoisotopic (exact) mass is 387 g/mol. The zero-order chi connectivity index (χ0) is 20.4. The number of esters is 2. The van der Waals surface area contributed by atoms with Gasteiger partial charge < -0.3 is 18.9 Å². The number of methoxy groups -OCH3 is 3. The molecule has 9 heteroatoms. The quantitative estimate of drug-likeness (QED) is 0.253. The number of nitro groups is 1. The average Bonchev–Trinajstić information content (AvgIpc) is 2.71. The highest BCUT2D eigenvalue weighted by Gasteiger charge is 2.46. The number of fused-ring (bicyclic) bond motifs is 1. The molecule has 1 aliphatic rings. The van der Waals surface area contributed by atoms with E-state index in [0.29, 0.717) is 22.6 Å². The average molecular weight is 387 g/mol. The van der Waals surface area contributed by atoms with Gasteiger partial charge in [0, 0.05) is 35.7 Å². The third-order valence-corrected chi connectivity index (χ3v) is 4.56. The minimum absolute atomic E-state index is 0.112. The second-order valence-electron chi connectivity index (χ2n) is 5.99. The van der Waals surface area contributed by atoms with Gasteiger partial charge in [-0.15, -0.1) is 0 Å². The Kier molecular flexibility index (Phi) is 5.16. The zero-order valence-electron chi connectivity index (χ0n) is 15.3. The number of rotatable bonds is 5. The molecule has 0 amide bonds. The Hall–Kier alpha value is -3.62. The predicted octanol–water partition coefficient (Wildman–Crippen LogP) is 2.45. The SMILES string of the molecule is COC(=O)C1C(=O)Oc2cc(OC)cc(OC)c2C1c1ccc([N+](=O)[O-])cc1. The molecule has 0 radical (unpaired) electrons. The molecule has 2 aromatic carbocycles. The molecular weight excluding hydrogens is 370 g/mol. The molecule has 1 heterocycles. The molecule has 2 unspecified atom stereocenters. The summed E-state index contributed by atoms with van der Waals surface area (Å²) >= 11 is 0. The number of nitrogens with zero attached hydrogens (tertiary/aromatic N) is 1. The Bertz CT molecular complexity index is 938. The first-order valence-electron chi connectivity index (χ1n) is 8.21. The van der Waals surface area contributed by atoms with Crippen LogP contribution >= 0.6 is 0 Å². The summed E-state index contributed by atoms with van der Waals surface area (Å²) in [5.74, 6) is -2.74. The maximum atomic E-state index is 12.6. The number of hydrogen-bond acceptors (Lipinski definition) is 8. The van der Waals surface area contributed by atoms with E-state index in [4.69, 9.17) is 18.9 Å². The minimum atomic E-state index is -1.29. The van der Waals surface area contributed by atoms with Gasteiger partial charge in [-0.1, -0.05) is 12.1 Å². The Morgan fingerprint density at radius 2 is 1.79 bits per heavy atom. The van der Waals surface area contributed by atoms with Gasteiger partial charge in [0.05, 0.1) is 26.3 Å². The van der Waals surface area contributed by atoms with Gasteiger partial charge in [-0.05, 0) is 5.56 Å². The van der Waals surface area contributed by atoms with Crippen molar-refractivity contribution in [1.82, 2.24) is 0 Å². The van der Waals surface area contributed by atoms with Crippen molar-refractivity contribution in [3.8, 4) is 17.2 Å². The van der Waals surface area contributed by atoms with Crippen LogP contribution < -0.4 is 14.2 Å². The lowest BCUT2D eigenvalue weighted by atomic mass is 9.78. The van der Waals surface area contributed by atoms with E-state index in [1.807, 2.05) is 0 Å². The summed E-state index contributed by atoms with van der Waals surface area (Å²) in [7, 11) is 4.06.